The van der Waals surface area contributed by atoms with Gasteiger partial charge in [0.05, 0.1) is 4.90 Å². The summed E-state index contributed by atoms with van der Waals surface area (Å²) in [5.74, 6) is 0.726. The average molecular weight is 488 g/mol. The second kappa shape index (κ2) is 9.89. The molecule has 142 valence electrons. The van der Waals surface area contributed by atoms with Crippen molar-refractivity contribution in [3.8, 4) is 0 Å². The summed E-state index contributed by atoms with van der Waals surface area (Å²) in [5, 5.41) is 8.42. The lowest BCUT2D eigenvalue weighted by atomic mass is 10.1. The molecule has 0 saturated heterocycles. The van der Waals surface area contributed by atoms with E-state index in [1.165, 1.54) is 17.2 Å². The molecule has 0 unspecified atom stereocenters. The second-order valence-electron chi connectivity index (χ2n) is 5.88. The Morgan fingerprint density at radius 3 is 2.50 bits per heavy atom. The number of nitrogens with zero attached hydrogens (tertiary/aromatic N) is 2. The molecule has 3 N–H and O–H groups in total. The van der Waals surface area contributed by atoms with E-state index >= 15 is 0 Å². The highest BCUT2D eigenvalue weighted by atomic mass is 127. The predicted molar refractivity (Wildman–Crippen MR) is 116 cm³/mol. The van der Waals surface area contributed by atoms with Gasteiger partial charge in [0, 0.05) is 27.2 Å². The van der Waals surface area contributed by atoms with Crippen LogP contribution in [0.15, 0.2) is 58.4 Å². The van der Waals surface area contributed by atoms with Gasteiger partial charge in [0.25, 0.3) is 0 Å². The summed E-state index contributed by atoms with van der Waals surface area (Å²) in [6.45, 7) is 3.26. The average Bonchev–Trinajstić information content (AvgIpc) is 2.57. The molecule has 0 saturated carbocycles. The second-order valence-corrected chi connectivity index (χ2v) is 7.44. The third-order valence-corrected chi connectivity index (χ3v) is 4.83. The molecule has 0 amide bonds. The van der Waals surface area contributed by atoms with Crippen molar-refractivity contribution >= 4 is 40.0 Å². The van der Waals surface area contributed by atoms with Gasteiger partial charge in [-0.1, -0.05) is 36.4 Å². The number of primary sulfonamides is 1. The largest absolute Gasteiger partial charge is 0.352 e. The van der Waals surface area contributed by atoms with Crippen LogP contribution in [0.3, 0.4) is 0 Å². The Labute approximate surface area is 172 Å². The normalized spacial score (nSPS) is 11.6. The van der Waals surface area contributed by atoms with E-state index in [1.54, 1.807) is 19.2 Å². The lowest BCUT2D eigenvalue weighted by Gasteiger charge is -2.23. The van der Waals surface area contributed by atoms with Crippen molar-refractivity contribution in [3.05, 3.63) is 65.2 Å². The molecule has 26 heavy (non-hydrogen) atoms. The first-order valence-electron chi connectivity index (χ1n) is 7.89. The summed E-state index contributed by atoms with van der Waals surface area (Å²) in [6.07, 6.45) is 0. The number of halogens is 1. The molecular formula is C18H25IN4O2S. The Hall–Kier alpha value is -1.65. The van der Waals surface area contributed by atoms with Crippen molar-refractivity contribution in [1.29, 1.82) is 0 Å². The third kappa shape index (κ3) is 6.26. The fourth-order valence-corrected chi connectivity index (χ4v) is 3.10. The molecule has 0 aliphatic rings. The molecule has 0 atom stereocenters. The molecule has 0 radical (unpaired) electrons. The van der Waals surface area contributed by atoms with E-state index in [2.05, 4.69) is 29.4 Å². The van der Waals surface area contributed by atoms with Crippen LogP contribution >= 0.6 is 24.0 Å². The minimum absolute atomic E-state index is 0. The number of hydrogen-bond donors (Lipinski definition) is 2. The molecule has 0 aliphatic heterocycles. The van der Waals surface area contributed by atoms with Gasteiger partial charge in [-0.2, -0.15) is 0 Å². The number of rotatable bonds is 5. The van der Waals surface area contributed by atoms with Crippen molar-refractivity contribution in [2.24, 2.45) is 10.1 Å². The van der Waals surface area contributed by atoms with Crippen molar-refractivity contribution < 1.29 is 8.42 Å². The third-order valence-electron chi connectivity index (χ3n) is 3.92. The van der Waals surface area contributed by atoms with E-state index < -0.39 is 10.0 Å². The number of nitrogens with two attached hydrogens (primary N) is 1. The maximum Gasteiger partial charge on any atom is 0.238 e. The van der Waals surface area contributed by atoms with E-state index in [4.69, 9.17) is 5.14 Å². The maximum absolute atomic E-state index is 11.4. The van der Waals surface area contributed by atoms with Crippen LogP contribution in [0.1, 0.15) is 16.7 Å². The maximum atomic E-state index is 11.4. The van der Waals surface area contributed by atoms with E-state index in [-0.39, 0.29) is 28.9 Å². The molecule has 0 bridgehead atoms. The van der Waals surface area contributed by atoms with Crippen LogP contribution in [0, 0.1) is 6.92 Å². The molecule has 6 nitrogen and oxygen atoms in total. The zero-order valence-electron chi connectivity index (χ0n) is 15.1. The molecule has 0 spiro atoms. The molecule has 2 rings (SSSR count). The summed E-state index contributed by atoms with van der Waals surface area (Å²) in [7, 11) is -0.0191. The molecule has 2 aromatic rings. The monoisotopic (exact) mass is 488 g/mol. The van der Waals surface area contributed by atoms with Gasteiger partial charge in [-0.15, -0.1) is 24.0 Å². The van der Waals surface area contributed by atoms with Crippen molar-refractivity contribution in [2.45, 2.75) is 24.9 Å². The van der Waals surface area contributed by atoms with E-state index in [0.29, 0.717) is 6.54 Å². The van der Waals surface area contributed by atoms with Gasteiger partial charge < -0.3 is 10.2 Å². The van der Waals surface area contributed by atoms with Crippen molar-refractivity contribution in [2.75, 3.05) is 14.1 Å². The molecule has 8 heteroatoms. The lowest BCUT2D eigenvalue weighted by molar-refractivity contribution is 0.475. The number of nitrogens with one attached hydrogen (secondary N) is 1. The standard InChI is InChI=1S/C18H24N4O2S.HI/c1-14-7-4-5-9-16(14)13-22(3)18(20-2)21-12-15-8-6-10-17(11-15)25(19,23)24;/h4-11H,12-13H2,1-3H3,(H,20,21)(H2,19,23,24);1H. The number of aliphatic imine (C=N–C) groups is 1. The number of benzene rings is 2. The van der Waals surface area contributed by atoms with Gasteiger partial charge in [-0.05, 0) is 35.7 Å². The first kappa shape index (κ1) is 22.4. The van der Waals surface area contributed by atoms with E-state index in [0.717, 1.165) is 18.1 Å². The van der Waals surface area contributed by atoms with E-state index in [1.807, 2.05) is 30.1 Å². The summed E-state index contributed by atoms with van der Waals surface area (Å²) < 4.78 is 22.9. The molecular weight excluding hydrogens is 463 g/mol. The molecule has 0 fully saturated rings. The summed E-state index contributed by atoms with van der Waals surface area (Å²) in [5.41, 5.74) is 3.27. The highest BCUT2D eigenvalue weighted by molar-refractivity contribution is 14.0. The van der Waals surface area contributed by atoms with Crippen LogP contribution in [0.2, 0.25) is 0 Å². The van der Waals surface area contributed by atoms with Gasteiger partial charge in [0.15, 0.2) is 5.96 Å². The van der Waals surface area contributed by atoms with Crippen LogP contribution in [0.25, 0.3) is 0 Å². The zero-order valence-corrected chi connectivity index (χ0v) is 18.3. The Morgan fingerprint density at radius 2 is 1.88 bits per heavy atom. The smallest absolute Gasteiger partial charge is 0.238 e. The molecule has 0 aromatic heterocycles. The fourth-order valence-electron chi connectivity index (χ4n) is 2.52. The minimum Gasteiger partial charge on any atom is -0.352 e. The van der Waals surface area contributed by atoms with Crippen molar-refractivity contribution in [3.63, 3.8) is 0 Å². The minimum atomic E-state index is -3.70. The first-order valence-corrected chi connectivity index (χ1v) is 9.44. The number of hydrogen-bond acceptors (Lipinski definition) is 3. The predicted octanol–water partition coefficient (Wildman–Crippen LogP) is 2.47. The molecule has 2 aromatic carbocycles. The van der Waals surface area contributed by atoms with Gasteiger partial charge >= 0.3 is 0 Å². The van der Waals surface area contributed by atoms with Gasteiger partial charge in [-0.3, -0.25) is 4.99 Å². The molecule has 0 heterocycles. The van der Waals surface area contributed by atoms with Crippen LogP contribution in [0.4, 0.5) is 0 Å². The fraction of sp³-hybridized carbons (Fsp3) is 0.278. The van der Waals surface area contributed by atoms with Gasteiger partial charge in [-0.25, -0.2) is 13.6 Å². The Balaban J connectivity index is 0.00000338. The zero-order chi connectivity index (χ0) is 18.4. The van der Waals surface area contributed by atoms with Crippen LogP contribution in [0.5, 0.6) is 0 Å². The summed E-state index contributed by atoms with van der Waals surface area (Å²) in [4.78, 5) is 6.41. The Kier molecular flexibility index (Phi) is 8.51. The Morgan fingerprint density at radius 1 is 1.19 bits per heavy atom. The van der Waals surface area contributed by atoms with Crippen LogP contribution in [-0.2, 0) is 23.1 Å². The number of guanidine groups is 1. The van der Waals surface area contributed by atoms with Gasteiger partial charge in [0.1, 0.15) is 0 Å². The molecule has 0 aliphatic carbocycles. The number of sulfonamides is 1. The highest BCUT2D eigenvalue weighted by Crippen LogP contribution is 2.11. The summed E-state index contributed by atoms with van der Waals surface area (Å²) in [6, 6.07) is 14.8. The van der Waals surface area contributed by atoms with Crippen LogP contribution in [-0.4, -0.2) is 33.4 Å². The summed E-state index contributed by atoms with van der Waals surface area (Å²) >= 11 is 0. The Bertz CT molecular complexity index is 869. The van der Waals surface area contributed by atoms with E-state index in [9.17, 15) is 8.42 Å². The number of aryl methyl sites for hydroxylation is 1. The SMILES string of the molecule is CN=C(NCc1cccc(S(N)(=O)=O)c1)N(C)Cc1ccccc1C.I. The highest BCUT2D eigenvalue weighted by Gasteiger charge is 2.10. The lowest BCUT2D eigenvalue weighted by Crippen LogP contribution is -2.38. The van der Waals surface area contributed by atoms with Crippen LogP contribution < -0.4 is 10.5 Å². The topological polar surface area (TPSA) is 87.8 Å². The van der Waals surface area contributed by atoms with Crippen molar-refractivity contribution in [1.82, 2.24) is 10.2 Å². The first-order chi connectivity index (χ1) is 11.8. The quantitative estimate of drug-likeness (QED) is 0.385. The van der Waals surface area contributed by atoms with Gasteiger partial charge in [0.2, 0.25) is 10.0 Å².